The third kappa shape index (κ3) is 6.91. The molecular weight excluding hydrogens is 424 g/mol. The summed E-state index contributed by atoms with van der Waals surface area (Å²) in [6.07, 6.45) is 4.64. The smallest absolute Gasteiger partial charge is 0.410 e. The summed E-state index contributed by atoms with van der Waals surface area (Å²) in [6.45, 7) is 9.05. The Bertz CT molecular complexity index is 842. The lowest BCUT2D eigenvalue weighted by Gasteiger charge is -2.33. The van der Waals surface area contributed by atoms with Crippen molar-refractivity contribution < 1.29 is 22.7 Å². The molecule has 0 saturated carbocycles. The number of anilines is 1. The summed E-state index contributed by atoms with van der Waals surface area (Å²) < 4.78 is 35.3. The first-order valence-corrected chi connectivity index (χ1v) is 12.0. The molecule has 0 spiro atoms. The van der Waals surface area contributed by atoms with Gasteiger partial charge in [-0.1, -0.05) is 0 Å². The van der Waals surface area contributed by atoms with E-state index >= 15 is 0 Å². The van der Waals surface area contributed by atoms with E-state index in [1.807, 2.05) is 25.7 Å². The average Bonchev–Trinajstić information content (AvgIpc) is 2.71. The van der Waals surface area contributed by atoms with Crippen LogP contribution in [0.15, 0.2) is 12.4 Å². The lowest BCUT2D eigenvalue weighted by atomic mass is 9.98. The number of ether oxygens (including phenoxy) is 2. The van der Waals surface area contributed by atoms with Gasteiger partial charge in [-0.05, 0) is 39.5 Å². The zero-order chi connectivity index (χ0) is 22.6. The molecule has 2 fully saturated rings. The summed E-state index contributed by atoms with van der Waals surface area (Å²) >= 11 is 0. The zero-order valence-corrected chi connectivity index (χ0v) is 19.2. The molecular formula is C19H32N6O5S. The maximum Gasteiger partial charge on any atom is 0.410 e. The van der Waals surface area contributed by atoms with Crippen molar-refractivity contribution in [2.75, 3.05) is 50.8 Å². The molecule has 174 valence electrons. The lowest BCUT2D eigenvalue weighted by molar-refractivity contribution is 0.0164. The fraction of sp³-hybridized carbons (Fsp3) is 0.737. The minimum Gasteiger partial charge on any atom is -0.476 e. The SMILES string of the molecule is CC(C)(C)OC(=O)N1CCC(COc2cnc(N3CCN(S(N)(=O)=O)CC3)cn2)CC1. The normalized spacial score (nSPS) is 19.4. The van der Waals surface area contributed by atoms with Crippen LogP contribution >= 0.6 is 0 Å². The van der Waals surface area contributed by atoms with Gasteiger partial charge in [0.15, 0.2) is 0 Å². The van der Waals surface area contributed by atoms with E-state index in [4.69, 9.17) is 14.6 Å². The number of aromatic nitrogens is 2. The van der Waals surface area contributed by atoms with Gasteiger partial charge >= 0.3 is 6.09 Å². The highest BCUT2D eigenvalue weighted by Crippen LogP contribution is 2.21. The van der Waals surface area contributed by atoms with Crippen molar-refractivity contribution in [3.63, 3.8) is 0 Å². The predicted molar refractivity (Wildman–Crippen MR) is 115 cm³/mol. The van der Waals surface area contributed by atoms with Gasteiger partial charge < -0.3 is 19.3 Å². The molecule has 0 atom stereocenters. The molecule has 2 aliphatic rings. The highest BCUT2D eigenvalue weighted by Gasteiger charge is 2.27. The third-order valence-electron chi connectivity index (χ3n) is 5.27. The Labute approximate surface area is 183 Å². The number of carbonyl (C=O) groups excluding carboxylic acids is 1. The summed E-state index contributed by atoms with van der Waals surface area (Å²) in [5.74, 6) is 1.46. The van der Waals surface area contributed by atoms with E-state index in [9.17, 15) is 13.2 Å². The molecule has 1 aromatic rings. The number of piperidine rings is 1. The highest BCUT2D eigenvalue weighted by molar-refractivity contribution is 7.86. The molecule has 1 aromatic heterocycles. The first-order chi connectivity index (χ1) is 14.5. The fourth-order valence-electron chi connectivity index (χ4n) is 3.53. The molecule has 2 saturated heterocycles. The Hall–Kier alpha value is -2.18. The maximum absolute atomic E-state index is 12.1. The molecule has 0 aliphatic carbocycles. The number of carbonyl (C=O) groups is 1. The Morgan fingerprint density at radius 2 is 1.74 bits per heavy atom. The van der Waals surface area contributed by atoms with Crippen LogP contribution in [0.5, 0.6) is 5.88 Å². The molecule has 31 heavy (non-hydrogen) atoms. The molecule has 0 unspecified atom stereocenters. The molecule has 0 radical (unpaired) electrons. The fourth-order valence-corrected chi connectivity index (χ4v) is 4.20. The van der Waals surface area contributed by atoms with Gasteiger partial charge in [0.25, 0.3) is 10.2 Å². The zero-order valence-electron chi connectivity index (χ0n) is 18.4. The van der Waals surface area contributed by atoms with E-state index in [-0.39, 0.29) is 6.09 Å². The Morgan fingerprint density at radius 1 is 1.10 bits per heavy atom. The topological polar surface area (TPSA) is 131 Å². The van der Waals surface area contributed by atoms with Gasteiger partial charge in [-0.2, -0.15) is 12.7 Å². The van der Waals surface area contributed by atoms with Crippen molar-refractivity contribution in [1.82, 2.24) is 19.2 Å². The van der Waals surface area contributed by atoms with Crippen molar-refractivity contribution in [1.29, 1.82) is 0 Å². The van der Waals surface area contributed by atoms with Crippen LogP contribution in [0.25, 0.3) is 0 Å². The molecule has 3 heterocycles. The van der Waals surface area contributed by atoms with Crippen molar-refractivity contribution in [2.45, 2.75) is 39.2 Å². The van der Waals surface area contributed by atoms with Gasteiger partial charge in [0.1, 0.15) is 11.4 Å². The van der Waals surface area contributed by atoms with Crippen LogP contribution in [0.3, 0.4) is 0 Å². The van der Waals surface area contributed by atoms with Crippen LogP contribution in [0.4, 0.5) is 10.6 Å². The van der Waals surface area contributed by atoms with Crippen LogP contribution in [-0.2, 0) is 14.9 Å². The van der Waals surface area contributed by atoms with Crippen LogP contribution in [-0.4, -0.2) is 85.2 Å². The molecule has 2 aliphatic heterocycles. The summed E-state index contributed by atoms with van der Waals surface area (Å²) in [7, 11) is -3.65. The first-order valence-electron chi connectivity index (χ1n) is 10.5. The van der Waals surface area contributed by atoms with Crippen molar-refractivity contribution in [2.24, 2.45) is 11.1 Å². The summed E-state index contributed by atoms with van der Waals surface area (Å²) in [6, 6.07) is 0. The number of nitrogens with zero attached hydrogens (tertiary/aromatic N) is 5. The van der Waals surface area contributed by atoms with E-state index in [1.54, 1.807) is 17.3 Å². The molecule has 2 N–H and O–H groups in total. The molecule has 12 heteroatoms. The van der Waals surface area contributed by atoms with Gasteiger partial charge in [0.05, 0.1) is 19.0 Å². The van der Waals surface area contributed by atoms with Gasteiger partial charge in [-0.15, -0.1) is 0 Å². The number of amides is 1. The quantitative estimate of drug-likeness (QED) is 0.689. The van der Waals surface area contributed by atoms with Gasteiger partial charge in [-0.3, -0.25) is 0 Å². The highest BCUT2D eigenvalue weighted by atomic mass is 32.2. The number of likely N-dealkylation sites (tertiary alicyclic amines) is 1. The Morgan fingerprint density at radius 3 is 2.26 bits per heavy atom. The number of piperazine rings is 1. The van der Waals surface area contributed by atoms with Crippen LogP contribution < -0.4 is 14.8 Å². The first kappa shape index (κ1) is 23.5. The van der Waals surface area contributed by atoms with Gasteiger partial charge in [0.2, 0.25) is 5.88 Å². The van der Waals surface area contributed by atoms with Crippen LogP contribution in [0.2, 0.25) is 0 Å². The number of hydrogen-bond acceptors (Lipinski definition) is 8. The third-order valence-corrected chi connectivity index (χ3v) is 6.36. The monoisotopic (exact) mass is 456 g/mol. The van der Waals surface area contributed by atoms with E-state index in [1.165, 1.54) is 4.31 Å². The minimum atomic E-state index is -3.65. The van der Waals surface area contributed by atoms with Gasteiger partial charge in [0, 0.05) is 39.3 Å². The van der Waals surface area contributed by atoms with E-state index in [0.717, 1.165) is 12.8 Å². The summed E-state index contributed by atoms with van der Waals surface area (Å²) in [5, 5.41) is 5.17. The maximum atomic E-state index is 12.1. The molecule has 3 rings (SSSR count). The number of hydrogen-bond donors (Lipinski definition) is 1. The number of nitrogens with two attached hydrogens (primary N) is 1. The van der Waals surface area contributed by atoms with Crippen LogP contribution in [0, 0.1) is 5.92 Å². The molecule has 1 amide bonds. The van der Waals surface area contributed by atoms with E-state index < -0.39 is 15.8 Å². The minimum absolute atomic E-state index is 0.266. The second-order valence-corrected chi connectivity index (χ2v) is 10.4. The van der Waals surface area contributed by atoms with Crippen molar-refractivity contribution in [3.05, 3.63) is 12.4 Å². The molecule has 0 bridgehead atoms. The Kier molecular flexibility index (Phi) is 7.22. The second-order valence-electron chi connectivity index (χ2n) is 8.87. The summed E-state index contributed by atoms with van der Waals surface area (Å²) in [4.78, 5) is 24.6. The largest absolute Gasteiger partial charge is 0.476 e. The van der Waals surface area contributed by atoms with E-state index in [2.05, 4.69) is 9.97 Å². The standard InChI is InChI=1S/C19H32N6O5S/c1-19(2,3)30-18(26)24-6-4-15(5-7-24)14-29-17-13-21-16(12-22-17)23-8-10-25(11-9-23)31(20,27)28/h12-13,15H,4-11,14H2,1-3H3,(H2,20,27,28). The molecule has 11 nitrogen and oxygen atoms in total. The van der Waals surface area contributed by atoms with Gasteiger partial charge in [-0.25, -0.2) is 19.9 Å². The van der Waals surface area contributed by atoms with E-state index in [0.29, 0.717) is 63.5 Å². The summed E-state index contributed by atoms with van der Waals surface area (Å²) in [5.41, 5.74) is -0.489. The van der Waals surface area contributed by atoms with Crippen molar-refractivity contribution in [3.8, 4) is 5.88 Å². The molecule has 0 aromatic carbocycles. The average molecular weight is 457 g/mol. The Balaban J connectivity index is 1.41. The number of rotatable bonds is 5. The second kappa shape index (κ2) is 9.53. The lowest BCUT2D eigenvalue weighted by Crippen LogP contribution is -2.50. The van der Waals surface area contributed by atoms with Crippen molar-refractivity contribution >= 4 is 22.1 Å². The van der Waals surface area contributed by atoms with Crippen LogP contribution in [0.1, 0.15) is 33.6 Å². The predicted octanol–water partition coefficient (Wildman–Crippen LogP) is 0.828.